The van der Waals surface area contributed by atoms with Crippen LogP contribution in [0.5, 0.6) is 0 Å². The summed E-state index contributed by atoms with van der Waals surface area (Å²) in [5.74, 6) is -0.374. The van der Waals surface area contributed by atoms with Crippen molar-refractivity contribution >= 4 is 23.4 Å². The highest BCUT2D eigenvalue weighted by molar-refractivity contribution is 7.98. The largest absolute Gasteiger partial charge is 0.395 e. The molecule has 2 N–H and O–H groups in total. The fourth-order valence-electron chi connectivity index (χ4n) is 1.71. The van der Waals surface area contributed by atoms with Crippen LogP contribution in [0.2, 0.25) is 0 Å². The summed E-state index contributed by atoms with van der Waals surface area (Å²) >= 11 is 1.49. The van der Waals surface area contributed by atoms with Crippen LogP contribution in [0.25, 0.3) is 0 Å². The summed E-state index contributed by atoms with van der Waals surface area (Å²) in [5, 5.41) is 11.5. The first-order valence-corrected chi connectivity index (χ1v) is 7.33. The van der Waals surface area contributed by atoms with Crippen LogP contribution in [0.3, 0.4) is 0 Å². The van der Waals surface area contributed by atoms with Crippen LogP contribution in [0.4, 0.5) is 14.5 Å². The van der Waals surface area contributed by atoms with Crippen LogP contribution in [0.15, 0.2) is 29.2 Å². The lowest BCUT2D eigenvalue weighted by molar-refractivity contribution is -0.117. The molecule has 0 aliphatic rings. The molecule has 1 aromatic carbocycles. The number of rotatable bonds is 8. The normalized spacial score (nSPS) is 11.1. The van der Waals surface area contributed by atoms with Crippen molar-refractivity contribution in [2.75, 3.05) is 37.8 Å². The van der Waals surface area contributed by atoms with Gasteiger partial charge in [0, 0.05) is 11.4 Å². The van der Waals surface area contributed by atoms with Crippen molar-refractivity contribution in [3.8, 4) is 0 Å². The number of para-hydroxylation sites is 1. The topological polar surface area (TPSA) is 52.6 Å². The second-order valence-corrected chi connectivity index (χ2v) is 4.95. The number of amides is 1. The summed E-state index contributed by atoms with van der Waals surface area (Å²) < 4.78 is 24.7. The van der Waals surface area contributed by atoms with Gasteiger partial charge < -0.3 is 10.4 Å². The molecule has 4 nitrogen and oxygen atoms in total. The Kier molecular flexibility index (Phi) is 7.50. The third-order valence-corrected chi connectivity index (χ3v) is 3.36. The molecule has 112 valence electrons. The summed E-state index contributed by atoms with van der Waals surface area (Å²) in [4.78, 5) is 14.0. The maximum atomic E-state index is 12.3. The molecule has 20 heavy (non-hydrogen) atoms. The molecule has 0 atom stereocenters. The molecular weight excluding hydrogens is 286 g/mol. The average molecular weight is 304 g/mol. The fraction of sp³-hybridized carbons (Fsp3) is 0.462. The van der Waals surface area contributed by atoms with Crippen LogP contribution in [-0.2, 0) is 4.79 Å². The average Bonchev–Trinajstić information content (AvgIpc) is 2.38. The lowest BCUT2D eigenvalue weighted by Crippen LogP contribution is -2.38. The predicted octanol–water partition coefficient (Wildman–Crippen LogP) is 1.91. The van der Waals surface area contributed by atoms with Gasteiger partial charge in [-0.1, -0.05) is 12.1 Å². The maximum absolute atomic E-state index is 12.3. The first-order valence-electron chi connectivity index (χ1n) is 6.11. The number of halogens is 2. The van der Waals surface area contributed by atoms with Crippen LogP contribution >= 0.6 is 11.8 Å². The Hall–Kier alpha value is -1.18. The van der Waals surface area contributed by atoms with Crippen LogP contribution in [0.1, 0.15) is 0 Å². The Morgan fingerprint density at radius 2 is 2.15 bits per heavy atom. The second-order valence-electron chi connectivity index (χ2n) is 4.10. The SMILES string of the molecule is CSc1ccccc1NC(=O)CN(CCO)CC(F)F. The molecular formula is C13H18F2N2O2S. The molecule has 7 heteroatoms. The van der Waals surface area contributed by atoms with Crippen molar-refractivity contribution in [1.82, 2.24) is 4.90 Å². The number of carbonyl (C=O) groups is 1. The van der Waals surface area contributed by atoms with E-state index in [4.69, 9.17) is 5.11 Å². The van der Waals surface area contributed by atoms with E-state index in [1.807, 2.05) is 18.4 Å². The van der Waals surface area contributed by atoms with Gasteiger partial charge in [0.25, 0.3) is 6.43 Å². The van der Waals surface area contributed by atoms with E-state index in [1.54, 1.807) is 12.1 Å². The van der Waals surface area contributed by atoms with Gasteiger partial charge in [-0.15, -0.1) is 11.8 Å². The minimum Gasteiger partial charge on any atom is -0.395 e. The fourth-order valence-corrected chi connectivity index (χ4v) is 2.27. The number of hydrogen-bond donors (Lipinski definition) is 2. The van der Waals surface area contributed by atoms with Gasteiger partial charge in [-0.25, -0.2) is 8.78 Å². The standard InChI is InChI=1S/C13H18F2N2O2S/c1-20-11-5-3-2-4-10(11)16-13(19)9-17(6-7-18)8-12(14)15/h2-5,12,18H,6-9H2,1H3,(H,16,19). The zero-order valence-electron chi connectivity index (χ0n) is 11.2. The molecule has 0 heterocycles. The molecule has 1 amide bonds. The Balaban J connectivity index is 2.60. The molecule has 0 fully saturated rings. The number of thioether (sulfide) groups is 1. The number of carbonyl (C=O) groups excluding carboxylic acids is 1. The zero-order chi connectivity index (χ0) is 15.0. The van der Waals surface area contributed by atoms with Gasteiger partial charge in [0.05, 0.1) is 25.4 Å². The summed E-state index contributed by atoms with van der Waals surface area (Å²) in [6, 6.07) is 7.27. The van der Waals surface area contributed by atoms with Crippen molar-refractivity contribution < 1.29 is 18.7 Å². The number of aliphatic hydroxyl groups is 1. The number of nitrogens with one attached hydrogen (secondary N) is 1. The van der Waals surface area contributed by atoms with E-state index in [2.05, 4.69) is 5.32 Å². The molecule has 0 saturated heterocycles. The molecule has 0 radical (unpaired) electrons. The number of benzene rings is 1. The van der Waals surface area contributed by atoms with E-state index in [-0.39, 0.29) is 25.6 Å². The van der Waals surface area contributed by atoms with E-state index < -0.39 is 13.0 Å². The van der Waals surface area contributed by atoms with Gasteiger partial charge in [-0.3, -0.25) is 9.69 Å². The smallest absolute Gasteiger partial charge is 0.251 e. The highest BCUT2D eigenvalue weighted by Gasteiger charge is 2.15. The van der Waals surface area contributed by atoms with Gasteiger partial charge in [-0.2, -0.15) is 0 Å². The van der Waals surface area contributed by atoms with Crippen LogP contribution in [0, 0.1) is 0 Å². The lowest BCUT2D eigenvalue weighted by atomic mass is 10.3. The molecule has 0 saturated carbocycles. The van der Waals surface area contributed by atoms with E-state index in [0.29, 0.717) is 5.69 Å². The van der Waals surface area contributed by atoms with Crippen molar-refractivity contribution in [2.24, 2.45) is 0 Å². The molecule has 0 bridgehead atoms. The Morgan fingerprint density at radius 1 is 1.45 bits per heavy atom. The van der Waals surface area contributed by atoms with Gasteiger partial charge in [0.2, 0.25) is 5.91 Å². The Bertz CT molecular complexity index is 433. The van der Waals surface area contributed by atoms with Crippen molar-refractivity contribution in [3.05, 3.63) is 24.3 Å². The highest BCUT2D eigenvalue weighted by atomic mass is 32.2. The Labute approximate surface area is 121 Å². The first kappa shape index (κ1) is 16.9. The first-order chi connectivity index (χ1) is 9.56. The monoisotopic (exact) mass is 304 g/mol. The molecule has 0 aromatic heterocycles. The lowest BCUT2D eigenvalue weighted by Gasteiger charge is -2.20. The number of nitrogens with zero attached hydrogens (tertiary/aromatic N) is 1. The minimum atomic E-state index is -2.53. The summed E-state index contributed by atoms with van der Waals surface area (Å²) in [6.45, 7) is -0.922. The predicted molar refractivity (Wildman–Crippen MR) is 76.4 cm³/mol. The molecule has 0 aliphatic carbocycles. The molecule has 1 rings (SSSR count). The van der Waals surface area contributed by atoms with E-state index in [1.165, 1.54) is 16.7 Å². The van der Waals surface area contributed by atoms with Crippen molar-refractivity contribution in [3.63, 3.8) is 0 Å². The number of aliphatic hydroxyl groups excluding tert-OH is 1. The van der Waals surface area contributed by atoms with Crippen LogP contribution < -0.4 is 5.32 Å². The maximum Gasteiger partial charge on any atom is 0.251 e. The van der Waals surface area contributed by atoms with Crippen molar-refractivity contribution in [1.29, 1.82) is 0 Å². The van der Waals surface area contributed by atoms with E-state index in [9.17, 15) is 13.6 Å². The molecule has 0 unspecified atom stereocenters. The summed E-state index contributed by atoms with van der Waals surface area (Å²) in [7, 11) is 0. The van der Waals surface area contributed by atoms with E-state index in [0.717, 1.165) is 4.90 Å². The summed E-state index contributed by atoms with van der Waals surface area (Å²) in [6.07, 6.45) is -0.646. The third-order valence-electron chi connectivity index (χ3n) is 2.56. The zero-order valence-corrected chi connectivity index (χ0v) is 12.0. The third kappa shape index (κ3) is 5.85. The summed E-state index contributed by atoms with van der Waals surface area (Å²) in [5.41, 5.74) is 0.658. The highest BCUT2D eigenvalue weighted by Crippen LogP contribution is 2.24. The van der Waals surface area contributed by atoms with Gasteiger partial charge in [0.1, 0.15) is 0 Å². The van der Waals surface area contributed by atoms with Gasteiger partial charge >= 0.3 is 0 Å². The quantitative estimate of drug-likeness (QED) is 0.720. The van der Waals surface area contributed by atoms with Crippen molar-refractivity contribution in [2.45, 2.75) is 11.3 Å². The second kappa shape index (κ2) is 8.89. The minimum absolute atomic E-state index is 0.0436. The molecule has 0 aliphatic heterocycles. The van der Waals surface area contributed by atoms with Gasteiger partial charge in [-0.05, 0) is 18.4 Å². The Morgan fingerprint density at radius 3 is 2.75 bits per heavy atom. The van der Waals surface area contributed by atoms with Crippen LogP contribution in [-0.4, -0.2) is 54.8 Å². The number of anilines is 1. The number of hydrogen-bond acceptors (Lipinski definition) is 4. The van der Waals surface area contributed by atoms with E-state index >= 15 is 0 Å². The number of alkyl halides is 2. The molecule has 1 aromatic rings. The van der Waals surface area contributed by atoms with Gasteiger partial charge in [0.15, 0.2) is 0 Å². The molecule has 0 spiro atoms.